The van der Waals surface area contributed by atoms with E-state index in [-0.39, 0.29) is 24.0 Å². The molecule has 0 aliphatic rings. The molecule has 5 nitrogen and oxygen atoms in total. The summed E-state index contributed by atoms with van der Waals surface area (Å²) in [5.41, 5.74) is 2.31. The lowest BCUT2D eigenvalue weighted by molar-refractivity contribution is 0.145. The van der Waals surface area contributed by atoms with Crippen LogP contribution in [0.5, 0.6) is 0 Å². The Morgan fingerprint density at radius 2 is 2.09 bits per heavy atom. The second-order valence-electron chi connectivity index (χ2n) is 4.78. The second kappa shape index (κ2) is 10.4. The Labute approximate surface area is 148 Å². The molecule has 2 aromatic rings. The second-order valence-corrected chi connectivity index (χ2v) is 4.78. The van der Waals surface area contributed by atoms with E-state index in [1.54, 1.807) is 7.05 Å². The number of rotatable bonds is 7. The molecule has 1 heterocycles. The summed E-state index contributed by atoms with van der Waals surface area (Å²) in [6, 6.07) is 10.4. The van der Waals surface area contributed by atoms with Crippen molar-refractivity contribution in [2.75, 3.05) is 26.8 Å². The summed E-state index contributed by atoms with van der Waals surface area (Å²) in [6.07, 6.45) is 0.973. The van der Waals surface area contributed by atoms with Crippen molar-refractivity contribution in [1.29, 1.82) is 0 Å². The SMILES string of the molecule is CCOCCCNC(=NC)NCc1cc2ccccc2[nH]1.I. The van der Waals surface area contributed by atoms with Crippen LogP contribution in [0.15, 0.2) is 35.3 Å². The molecule has 0 fully saturated rings. The Balaban J connectivity index is 0.00000242. The first-order valence-electron chi connectivity index (χ1n) is 7.42. The fraction of sp³-hybridized carbons (Fsp3) is 0.438. The predicted molar refractivity (Wildman–Crippen MR) is 103 cm³/mol. The van der Waals surface area contributed by atoms with E-state index in [1.165, 1.54) is 5.39 Å². The normalized spacial score (nSPS) is 11.3. The summed E-state index contributed by atoms with van der Waals surface area (Å²) in [6.45, 7) is 5.14. The fourth-order valence-electron chi connectivity index (χ4n) is 2.15. The van der Waals surface area contributed by atoms with Crippen LogP contribution in [-0.4, -0.2) is 37.7 Å². The zero-order valence-corrected chi connectivity index (χ0v) is 15.5. The number of hydrogen-bond acceptors (Lipinski definition) is 2. The van der Waals surface area contributed by atoms with Crippen LogP contribution in [-0.2, 0) is 11.3 Å². The van der Waals surface area contributed by atoms with Gasteiger partial charge in [0, 0.05) is 38.0 Å². The van der Waals surface area contributed by atoms with E-state index in [0.29, 0.717) is 0 Å². The number of nitrogens with zero attached hydrogens (tertiary/aromatic N) is 1. The molecule has 1 aromatic carbocycles. The number of nitrogens with one attached hydrogen (secondary N) is 3. The van der Waals surface area contributed by atoms with E-state index in [9.17, 15) is 0 Å². The van der Waals surface area contributed by atoms with Crippen LogP contribution in [0.25, 0.3) is 10.9 Å². The van der Waals surface area contributed by atoms with E-state index >= 15 is 0 Å². The summed E-state index contributed by atoms with van der Waals surface area (Å²) in [4.78, 5) is 7.61. The highest BCUT2D eigenvalue weighted by atomic mass is 127. The van der Waals surface area contributed by atoms with E-state index in [1.807, 2.05) is 19.1 Å². The van der Waals surface area contributed by atoms with Crippen LogP contribution in [0.3, 0.4) is 0 Å². The number of halogens is 1. The standard InChI is InChI=1S/C16H24N4O.HI/c1-3-21-10-6-9-18-16(17-2)19-12-14-11-13-7-4-5-8-15(13)20-14;/h4-5,7-8,11,20H,3,6,9-10,12H2,1-2H3,(H2,17,18,19);1H. The third-order valence-corrected chi connectivity index (χ3v) is 3.22. The van der Waals surface area contributed by atoms with Crippen molar-refractivity contribution < 1.29 is 4.74 Å². The van der Waals surface area contributed by atoms with Gasteiger partial charge in [-0.3, -0.25) is 4.99 Å². The van der Waals surface area contributed by atoms with Crippen LogP contribution in [0, 0.1) is 0 Å². The highest BCUT2D eigenvalue weighted by molar-refractivity contribution is 14.0. The minimum absolute atomic E-state index is 0. The largest absolute Gasteiger partial charge is 0.382 e. The van der Waals surface area contributed by atoms with E-state index in [4.69, 9.17) is 4.74 Å². The van der Waals surface area contributed by atoms with Crippen molar-refractivity contribution in [3.63, 3.8) is 0 Å². The Hall–Kier alpha value is -1.28. The maximum absolute atomic E-state index is 5.31. The third kappa shape index (κ3) is 5.84. The number of hydrogen-bond donors (Lipinski definition) is 3. The zero-order valence-electron chi connectivity index (χ0n) is 13.2. The molecule has 0 saturated heterocycles. The number of ether oxygens (including phenoxy) is 1. The first-order valence-corrected chi connectivity index (χ1v) is 7.42. The van der Waals surface area contributed by atoms with Gasteiger partial charge in [0.05, 0.1) is 6.54 Å². The molecule has 0 unspecified atom stereocenters. The molecule has 0 aliphatic heterocycles. The van der Waals surface area contributed by atoms with Gasteiger partial charge in [0.15, 0.2) is 5.96 Å². The minimum Gasteiger partial charge on any atom is -0.382 e. The van der Waals surface area contributed by atoms with Crippen molar-refractivity contribution in [3.8, 4) is 0 Å². The molecule has 2 rings (SSSR count). The molecular formula is C16H25IN4O. The molecule has 22 heavy (non-hydrogen) atoms. The minimum atomic E-state index is 0. The van der Waals surface area contributed by atoms with Gasteiger partial charge in [-0.2, -0.15) is 0 Å². The molecule has 0 radical (unpaired) electrons. The number of guanidine groups is 1. The lowest BCUT2D eigenvalue weighted by Gasteiger charge is -2.11. The molecule has 0 amide bonds. The Bertz CT molecular complexity index is 549. The molecule has 0 saturated carbocycles. The average molecular weight is 416 g/mol. The molecule has 0 bridgehead atoms. The summed E-state index contributed by atoms with van der Waals surface area (Å²) in [7, 11) is 1.78. The van der Waals surface area contributed by atoms with Gasteiger partial charge in [-0.15, -0.1) is 24.0 Å². The zero-order chi connectivity index (χ0) is 14.9. The van der Waals surface area contributed by atoms with Crippen LogP contribution < -0.4 is 10.6 Å². The topological polar surface area (TPSA) is 61.4 Å². The molecular weight excluding hydrogens is 391 g/mol. The fourth-order valence-corrected chi connectivity index (χ4v) is 2.15. The quantitative estimate of drug-likeness (QED) is 0.282. The van der Waals surface area contributed by atoms with Crippen molar-refractivity contribution >= 4 is 40.8 Å². The number of aliphatic imine (C=N–C) groups is 1. The third-order valence-electron chi connectivity index (χ3n) is 3.22. The molecule has 0 atom stereocenters. The summed E-state index contributed by atoms with van der Waals surface area (Å²) >= 11 is 0. The lowest BCUT2D eigenvalue weighted by atomic mass is 10.2. The van der Waals surface area contributed by atoms with Gasteiger partial charge in [-0.1, -0.05) is 18.2 Å². The molecule has 0 spiro atoms. The van der Waals surface area contributed by atoms with Gasteiger partial charge in [-0.05, 0) is 30.9 Å². The molecule has 0 aliphatic carbocycles. The predicted octanol–water partition coefficient (Wildman–Crippen LogP) is 2.88. The summed E-state index contributed by atoms with van der Waals surface area (Å²) < 4.78 is 5.31. The van der Waals surface area contributed by atoms with Gasteiger partial charge in [-0.25, -0.2) is 0 Å². The Morgan fingerprint density at radius 3 is 2.82 bits per heavy atom. The maximum Gasteiger partial charge on any atom is 0.191 e. The monoisotopic (exact) mass is 416 g/mol. The van der Waals surface area contributed by atoms with Crippen molar-refractivity contribution in [3.05, 3.63) is 36.0 Å². The summed E-state index contributed by atoms with van der Waals surface area (Å²) in [5.74, 6) is 0.810. The van der Waals surface area contributed by atoms with E-state index < -0.39 is 0 Å². The van der Waals surface area contributed by atoms with Crippen molar-refractivity contribution in [2.45, 2.75) is 19.9 Å². The Morgan fingerprint density at radius 1 is 1.27 bits per heavy atom. The van der Waals surface area contributed by atoms with Crippen LogP contribution >= 0.6 is 24.0 Å². The number of para-hydroxylation sites is 1. The molecule has 3 N–H and O–H groups in total. The van der Waals surface area contributed by atoms with Crippen LogP contribution in [0.2, 0.25) is 0 Å². The Kier molecular flexibility index (Phi) is 8.91. The summed E-state index contributed by atoms with van der Waals surface area (Å²) in [5, 5.41) is 7.81. The van der Waals surface area contributed by atoms with Gasteiger partial charge >= 0.3 is 0 Å². The highest BCUT2D eigenvalue weighted by Crippen LogP contribution is 2.14. The molecule has 1 aromatic heterocycles. The van der Waals surface area contributed by atoms with Gasteiger partial charge in [0.25, 0.3) is 0 Å². The van der Waals surface area contributed by atoms with Gasteiger partial charge in [0.2, 0.25) is 0 Å². The average Bonchev–Trinajstić information content (AvgIpc) is 2.93. The number of aromatic amines is 1. The molecule has 122 valence electrons. The highest BCUT2D eigenvalue weighted by Gasteiger charge is 2.01. The van der Waals surface area contributed by atoms with E-state index in [2.05, 4.69) is 38.8 Å². The van der Waals surface area contributed by atoms with Gasteiger partial charge < -0.3 is 20.4 Å². The molecule has 6 heteroatoms. The smallest absolute Gasteiger partial charge is 0.191 e. The lowest BCUT2D eigenvalue weighted by Crippen LogP contribution is -2.37. The van der Waals surface area contributed by atoms with Crippen LogP contribution in [0.4, 0.5) is 0 Å². The number of aromatic nitrogens is 1. The van der Waals surface area contributed by atoms with Crippen molar-refractivity contribution in [1.82, 2.24) is 15.6 Å². The first-order chi connectivity index (χ1) is 10.3. The number of fused-ring (bicyclic) bond motifs is 1. The van der Waals surface area contributed by atoms with Crippen LogP contribution in [0.1, 0.15) is 19.0 Å². The number of benzene rings is 1. The maximum atomic E-state index is 5.31. The van der Waals surface area contributed by atoms with Gasteiger partial charge in [0.1, 0.15) is 0 Å². The number of H-pyrrole nitrogens is 1. The first kappa shape index (κ1) is 18.8. The van der Waals surface area contributed by atoms with E-state index in [0.717, 1.165) is 49.9 Å². The van der Waals surface area contributed by atoms with Crippen molar-refractivity contribution in [2.24, 2.45) is 4.99 Å².